The van der Waals surface area contributed by atoms with Gasteiger partial charge in [-0.1, -0.05) is 29.8 Å². The van der Waals surface area contributed by atoms with E-state index in [2.05, 4.69) is 10.1 Å². The minimum absolute atomic E-state index is 0.0616. The summed E-state index contributed by atoms with van der Waals surface area (Å²) < 4.78 is 29.0. The molecule has 0 bridgehead atoms. The zero-order valence-electron chi connectivity index (χ0n) is 12.4. The van der Waals surface area contributed by atoms with Crippen molar-refractivity contribution in [3.63, 3.8) is 0 Å². The number of nitrogens with zero attached hydrogens (tertiary/aromatic N) is 2. The third-order valence-electron chi connectivity index (χ3n) is 3.00. The molecule has 1 aromatic heterocycles. The van der Waals surface area contributed by atoms with E-state index in [0.29, 0.717) is 23.5 Å². The van der Waals surface area contributed by atoms with Crippen LogP contribution in [0.2, 0.25) is 0 Å². The number of nitrogen functional groups attached to an aromatic ring is 1. The lowest BCUT2D eigenvalue weighted by molar-refractivity contribution is 0.338. The lowest BCUT2D eigenvalue weighted by Gasteiger charge is -2.06. The average Bonchev–Trinajstić information content (AvgIpc) is 2.48. The van der Waals surface area contributed by atoms with Crippen LogP contribution < -0.4 is 5.73 Å². The van der Waals surface area contributed by atoms with Crippen LogP contribution in [0.1, 0.15) is 24.5 Å². The Labute approximate surface area is 129 Å². The highest BCUT2D eigenvalue weighted by atomic mass is 32.2. The van der Waals surface area contributed by atoms with Crippen LogP contribution in [-0.2, 0) is 14.4 Å². The molecule has 6 nitrogen and oxygen atoms in total. The molecule has 22 heavy (non-hydrogen) atoms. The number of rotatable bonds is 5. The number of pyridine rings is 1. The van der Waals surface area contributed by atoms with Gasteiger partial charge < -0.3 is 5.73 Å². The minimum atomic E-state index is -3.93. The zero-order valence-corrected chi connectivity index (χ0v) is 13.2. The van der Waals surface area contributed by atoms with Gasteiger partial charge in [-0.05, 0) is 37.6 Å². The molecule has 1 aromatic carbocycles. The normalized spacial score (nSPS) is 12.2. The summed E-state index contributed by atoms with van der Waals surface area (Å²) in [6, 6.07) is 9.67. The third-order valence-corrected chi connectivity index (χ3v) is 4.12. The molecule has 0 radical (unpaired) electrons. The Balaban J connectivity index is 2.26. The van der Waals surface area contributed by atoms with Crippen molar-refractivity contribution in [2.24, 2.45) is 5.16 Å². The topological polar surface area (TPSA) is 94.6 Å². The van der Waals surface area contributed by atoms with Gasteiger partial charge in [0.05, 0.1) is 5.71 Å². The summed E-state index contributed by atoms with van der Waals surface area (Å²) >= 11 is 0. The summed E-state index contributed by atoms with van der Waals surface area (Å²) in [6.45, 7) is 3.72. The second-order valence-electron chi connectivity index (χ2n) is 4.70. The van der Waals surface area contributed by atoms with Gasteiger partial charge in [0.15, 0.2) is 0 Å². The lowest BCUT2D eigenvalue weighted by Crippen LogP contribution is -2.07. The van der Waals surface area contributed by atoms with E-state index >= 15 is 0 Å². The molecular formula is C15H17N3O3S. The first kappa shape index (κ1) is 16.0. The Kier molecular flexibility index (Phi) is 4.77. The molecule has 0 aliphatic rings. The number of hydrogen-bond acceptors (Lipinski definition) is 6. The van der Waals surface area contributed by atoms with Crippen molar-refractivity contribution in [3.05, 3.63) is 53.7 Å². The first-order valence-corrected chi connectivity index (χ1v) is 8.12. The SMILES string of the molecule is CC/C(=N/OS(=O)(=O)c1ccc(C)cc1)c1ccnc(N)c1. The lowest BCUT2D eigenvalue weighted by atomic mass is 10.1. The number of anilines is 1. The van der Waals surface area contributed by atoms with Gasteiger partial charge in [0.1, 0.15) is 10.7 Å². The summed E-state index contributed by atoms with van der Waals surface area (Å²) in [5.74, 6) is 0.333. The van der Waals surface area contributed by atoms with Gasteiger partial charge in [0.25, 0.3) is 0 Å². The zero-order chi connectivity index (χ0) is 16.2. The van der Waals surface area contributed by atoms with Crippen LogP contribution in [0.25, 0.3) is 0 Å². The van der Waals surface area contributed by atoms with Crippen LogP contribution in [-0.4, -0.2) is 19.1 Å². The van der Waals surface area contributed by atoms with Crippen LogP contribution in [0.3, 0.4) is 0 Å². The van der Waals surface area contributed by atoms with E-state index in [-0.39, 0.29) is 4.90 Å². The highest BCUT2D eigenvalue weighted by Gasteiger charge is 2.16. The number of oxime groups is 1. The van der Waals surface area contributed by atoms with Crippen molar-refractivity contribution in [3.8, 4) is 0 Å². The standard InChI is InChI=1S/C15H17N3O3S/c1-3-14(12-8-9-17-15(16)10-12)18-21-22(19,20)13-6-4-11(2)5-7-13/h4-10H,3H2,1-2H3,(H2,16,17)/b18-14-. The van der Waals surface area contributed by atoms with Crippen molar-refractivity contribution in [1.29, 1.82) is 0 Å². The van der Waals surface area contributed by atoms with E-state index in [1.165, 1.54) is 18.3 Å². The molecule has 0 atom stereocenters. The Morgan fingerprint density at radius 3 is 2.55 bits per heavy atom. The Morgan fingerprint density at radius 1 is 1.27 bits per heavy atom. The molecule has 0 spiro atoms. The van der Waals surface area contributed by atoms with Crippen molar-refractivity contribution in [1.82, 2.24) is 4.98 Å². The Bertz CT molecular complexity index is 784. The summed E-state index contributed by atoms with van der Waals surface area (Å²) in [5, 5.41) is 3.77. The van der Waals surface area contributed by atoms with Crippen molar-refractivity contribution in [2.45, 2.75) is 25.2 Å². The van der Waals surface area contributed by atoms with Crippen LogP contribution in [0.5, 0.6) is 0 Å². The van der Waals surface area contributed by atoms with Gasteiger partial charge in [-0.2, -0.15) is 8.42 Å². The van der Waals surface area contributed by atoms with Crippen LogP contribution in [0, 0.1) is 6.92 Å². The minimum Gasteiger partial charge on any atom is -0.384 e. The van der Waals surface area contributed by atoms with Gasteiger partial charge in [-0.3, -0.25) is 4.28 Å². The maximum Gasteiger partial charge on any atom is 0.358 e. The predicted octanol–water partition coefficient (Wildman–Crippen LogP) is 2.49. The third kappa shape index (κ3) is 3.82. The fourth-order valence-electron chi connectivity index (χ4n) is 1.79. The smallest absolute Gasteiger partial charge is 0.358 e. The molecule has 2 N–H and O–H groups in total. The summed E-state index contributed by atoms with van der Waals surface area (Å²) in [5.41, 5.74) is 7.73. The first-order chi connectivity index (χ1) is 10.4. The van der Waals surface area contributed by atoms with Crippen molar-refractivity contribution >= 4 is 21.6 Å². The summed E-state index contributed by atoms with van der Waals surface area (Å²) in [6.07, 6.45) is 2.02. The molecule has 0 fully saturated rings. The maximum absolute atomic E-state index is 12.1. The number of benzene rings is 1. The fourth-order valence-corrected chi connectivity index (χ4v) is 2.53. The van der Waals surface area contributed by atoms with Crippen LogP contribution in [0.15, 0.2) is 52.6 Å². The van der Waals surface area contributed by atoms with Gasteiger partial charge >= 0.3 is 10.1 Å². The van der Waals surface area contributed by atoms with E-state index in [4.69, 9.17) is 10.0 Å². The summed E-state index contributed by atoms with van der Waals surface area (Å²) in [4.78, 5) is 3.95. The maximum atomic E-state index is 12.1. The molecule has 0 saturated carbocycles. The number of aryl methyl sites for hydroxylation is 1. The van der Waals surface area contributed by atoms with Crippen molar-refractivity contribution in [2.75, 3.05) is 5.73 Å². The molecule has 7 heteroatoms. The first-order valence-electron chi connectivity index (χ1n) is 6.71. The molecule has 1 heterocycles. The average molecular weight is 319 g/mol. The molecular weight excluding hydrogens is 302 g/mol. The fraction of sp³-hybridized carbons (Fsp3) is 0.200. The Morgan fingerprint density at radius 2 is 1.95 bits per heavy atom. The number of aromatic nitrogens is 1. The number of hydrogen-bond donors (Lipinski definition) is 1. The van der Waals surface area contributed by atoms with Gasteiger partial charge in [0, 0.05) is 11.8 Å². The quantitative estimate of drug-likeness (QED) is 0.675. The largest absolute Gasteiger partial charge is 0.384 e. The van der Waals surface area contributed by atoms with Crippen LogP contribution in [0.4, 0.5) is 5.82 Å². The molecule has 2 rings (SSSR count). The summed E-state index contributed by atoms with van der Waals surface area (Å²) in [7, 11) is -3.93. The van der Waals surface area contributed by atoms with Gasteiger partial charge in [-0.25, -0.2) is 4.98 Å². The van der Waals surface area contributed by atoms with E-state index in [1.54, 1.807) is 24.3 Å². The van der Waals surface area contributed by atoms with E-state index in [9.17, 15) is 8.42 Å². The predicted molar refractivity (Wildman–Crippen MR) is 84.9 cm³/mol. The molecule has 116 valence electrons. The molecule has 2 aromatic rings. The molecule has 0 aliphatic carbocycles. The Hall–Kier alpha value is -2.41. The number of nitrogens with two attached hydrogens (primary N) is 1. The van der Waals surface area contributed by atoms with Gasteiger partial charge in [0.2, 0.25) is 0 Å². The monoisotopic (exact) mass is 319 g/mol. The second kappa shape index (κ2) is 6.57. The van der Waals surface area contributed by atoms with E-state index < -0.39 is 10.1 Å². The highest BCUT2D eigenvalue weighted by molar-refractivity contribution is 7.86. The van der Waals surface area contributed by atoms with E-state index in [1.807, 2.05) is 13.8 Å². The van der Waals surface area contributed by atoms with Gasteiger partial charge in [-0.15, -0.1) is 0 Å². The van der Waals surface area contributed by atoms with Crippen LogP contribution >= 0.6 is 0 Å². The second-order valence-corrected chi connectivity index (χ2v) is 6.23. The molecule has 0 aliphatic heterocycles. The highest BCUT2D eigenvalue weighted by Crippen LogP contribution is 2.15. The molecule has 0 saturated heterocycles. The van der Waals surface area contributed by atoms with Crippen molar-refractivity contribution < 1.29 is 12.7 Å². The molecule has 0 unspecified atom stereocenters. The van der Waals surface area contributed by atoms with E-state index in [0.717, 1.165) is 5.56 Å². The molecule has 0 amide bonds.